The highest BCUT2D eigenvalue weighted by Gasteiger charge is 2.23. The average Bonchev–Trinajstić information content (AvgIpc) is 2.39. The number of aryl methyl sites for hydroxylation is 1. The van der Waals surface area contributed by atoms with E-state index >= 15 is 0 Å². The Morgan fingerprint density at radius 2 is 1.94 bits per heavy atom. The molecule has 0 aliphatic heterocycles. The minimum absolute atomic E-state index is 0.114. The van der Waals surface area contributed by atoms with Gasteiger partial charge in [-0.3, -0.25) is 0 Å². The minimum Gasteiger partial charge on any atom is -0.311 e. The molecule has 18 heavy (non-hydrogen) atoms. The second-order valence-electron chi connectivity index (χ2n) is 4.78. The van der Waals surface area contributed by atoms with E-state index in [2.05, 4.69) is 25.4 Å². The fourth-order valence-electron chi connectivity index (χ4n) is 2.04. The summed E-state index contributed by atoms with van der Waals surface area (Å²) in [5.74, 6) is -0.114. The SMILES string of the molecule is CCC(CC)(CNCc1ccc(C)c(F)c1)SC. The Kier molecular flexibility index (Phi) is 6.16. The molecular weight excluding hydrogens is 245 g/mol. The topological polar surface area (TPSA) is 12.0 Å². The predicted octanol–water partition coefficient (Wildman–Crippen LogP) is 4.15. The molecule has 0 atom stereocenters. The van der Waals surface area contributed by atoms with E-state index in [4.69, 9.17) is 0 Å². The maximum absolute atomic E-state index is 13.4. The molecule has 0 heterocycles. The molecule has 0 saturated carbocycles. The molecule has 1 aromatic rings. The Balaban J connectivity index is 2.52. The second kappa shape index (κ2) is 7.15. The van der Waals surface area contributed by atoms with Gasteiger partial charge in [-0.1, -0.05) is 26.0 Å². The maximum Gasteiger partial charge on any atom is 0.126 e. The molecule has 1 N–H and O–H groups in total. The number of benzene rings is 1. The number of rotatable bonds is 7. The molecule has 0 spiro atoms. The fraction of sp³-hybridized carbons (Fsp3) is 0.600. The van der Waals surface area contributed by atoms with Crippen molar-refractivity contribution in [3.63, 3.8) is 0 Å². The Morgan fingerprint density at radius 3 is 2.44 bits per heavy atom. The first-order valence-corrected chi connectivity index (χ1v) is 7.80. The third-order valence-corrected chi connectivity index (χ3v) is 5.32. The van der Waals surface area contributed by atoms with Crippen molar-refractivity contribution in [1.29, 1.82) is 0 Å². The van der Waals surface area contributed by atoms with Crippen molar-refractivity contribution in [2.45, 2.75) is 44.9 Å². The predicted molar refractivity (Wildman–Crippen MR) is 79.7 cm³/mol. The first-order valence-electron chi connectivity index (χ1n) is 6.57. The van der Waals surface area contributed by atoms with Crippen LogP contribution in [0, 0.1) is 12.7 Å². The molecule has 0 aromatic heterocycles. The molecule has 0 aliphatic carbocycles. The average molecular weight is 269 g/mol. The van der Waals surface area contributed by atoms with Crippen molar-refractivity contribution in [2.24, 2.45) is 0 Å². The van der Waals surface area contributed by atoms with Gasteiger partial charge in [0.05, 0.1) is 0 Å². The Labute approximate surface area is 115 Å². The molecule has 0 bridgehead atoms. The summed E-state index contributed by atoms with van der Waals surface area (Å²) in [6.45, 7) is 7.95. The van der Waals surface area contributed by atoms with E-state index in [0.717, 1.165) is 31.5 Å². The zero-order valence-electron chi connectivity index (χ0n) is 11.8. The summed E-state index contributed by atoms with van der Waals surface area (Å²) in [6, 6.07) is 5.46. The standard InChI is InChI=1S/C15H24FNS/c1-5-15(6-2,18-4)11-17-10-13-8-7-12(3)14(16)9-13/h7-9,17H,5-6,10-11H2,1-4H3. The van der Waals surface area contributed by atoms with Gasteiger partial charge in [0, 0.05) is 17.8 Å². The van der Waals surface area contributed by atoms with Crippen LogP contribution in [0.25, 0.3) is 0 Å². The van der Waals surface area contributed by atoms with Gasteiger partial charge < -0.3 is 5.32 Å². The highest BCUT2D eigenvalue weighted by Crippen LogP contribution is 2.29. The third kappa shape index (κ3) is 3.99. The molecule has 0 saturated heterocycles. The smallest absolute Gasteiger partial charge is 0.126 e. The van der Waals surface area contributed by atoms with Gasteiger partial charge in [0.1, 0.15) is 5.82 Å². The largest absolute Gasteiger partial charge is 0.311 e. The molecule has 0 amide bonds. The molecule has 1 aromatic carbocycles. The van der Waals surface area contributed by atoms with E-state index in [1.807, 2.05) is 23.9 Å². The summed E-state index contributed by atoms with van der Waals surface area (Å²) < 4.78 is 13.7. The molecule has 1 nitrogen and oxygen atoms in total. The lowest BCUT2D eigenvalue weighted by Gasteiger charge is -2.30. The minimum atomic E-state index is -0.114. The number of hydrogen-bond acceptors (Lipinski definition) is 2. The molecule has 102 valence electrons. The lowest BCUT2D eigenvalue weighted by Crippen LogP contribution is -2.36. The van der Waals surface area contributed by atoms with Crippen molar-refractivity contribution in [1.82, 2.24) is 5.32 Å². The molecular formula is C15H24FNS. The molecule has 0 fully saturated rings. The van der Waals surface area contributed by atoms with Gasteiger partial charge in [-0.25, -0.2) is 4.39 Å². The van der Waals surface area contributed by atoms with Gasteiger partial charge in [0.25, 0.3) is 0 Å². The van der Waals surface area contributed by atoms with E-state index in [0.29, 0.717) is 10.3 Å². The summed E-state index contributed by atoms with van der Waals surface area (Å²) in [5, 5.41) is 3.45. The van der Waals surface area contributed by atoms with E-state index in [1.54, 1.807) is 13.0 Å². The van der Waals surface area contributed by atoms with Crippen molar-refractivity contribution >= 4 is 11.8 Å². The first-order chi connectivity index (χ1) is 8.56. The van der Waals surface area contributed by atoms with Crippen LogP contribution in [0.5, 0.6) is 0 Å². The van der Waals surface area contributed by atoms with Gasteiger partial charge in [-0.15, -0.1) is 0 Å². The monoisotopic (exact) mass is 269 g/mol. The number of thioether (sulfide) groups is 1. The van der Waals surface area contributed by atoms with Gasteiger partial charge in [0.2, 0.25) is 0 Å². The lowest BCUT2D eigenvalue weighted by atomic mass is 10.0. The molecule has 3 heteroatoms. The summed E-state index contributed by atoms with van der Waals surface area (Å²) in [7, 11) is 0. The van der Waals surface area contributed by atoms with Crippen LogP contribution in [-0.2, 0) is 6.54 Å². The number of halogens is 1. The van der Waals surface area contributed by atoms with Crippen molar-refractivity contribution < 1.29 is 4.39 Å². The summed E-state index contributed by atoms with van der Waals surface area (Å²) in [6.07, 6.45) is 4.47. The normalized spacial score (nSPS) is 11.8. The maximum atomic E-state index is 13.4. The number of hydrogen-bond donors (Lipinski definition) is 1. The second-order valence-corrected chi connectivity index (χ2v) is 6.06. The van der Waals surface area contributed by atoms with E-state index in [-0.39, 0.29) is 5.82 Å². The van der Waals surface area contributed by atoms with Crippen LogP contribution in [-0.4, -0.2) is 17.5 Å². The zero-order valence-corrected chi connectivity index (χ0v) is 12.7. The first kappa shape index (κ1) is 15.5. The van der Waals surface area contributed by atoms with Crippen molar-refractivity contribution in [3.05, 3.63) is 35.1 Å². The van der Waals surface area contributed by atoms with Gasteiger partial charge in [0.15, 0.2) is 0 Å². The Bertz CT molecular complexity index is 366. The highest BCUT2D eigenvalue weighted by molar-refractivity contribution is 8.00. The van der Waals surface area contributed by atoms with Crippen molar-refractivity contribution in [3.8, 4) is 0 Å². The summed E-state index contributed by atoms with van der Waals surface area (Å²) in [5.41, 5.74) is 1.72. The molecule has 0 aliphatic rings. The lowest BCUT2D eigenvalue weighted by molar-refractivity contribution is 0.494. The molecule has 0 unspecified atom stereocenters. The van der Waals surface area contributed by atoms with Crippen LogP contribution < -0.4 is 5.32 Å². The van der Waals surface area contributed by atoms with E-state index in [1.165, 1.54) is 0 Å². The van der Waals surface area contributed by atoms with Crippen LogP contribution in [0.4, 0.5) is 4.39 Å². The van der Waals surface area contributed by atoms with E-state index in [9.17, 15) is 4.39 Å². The van der Waals surface area contributed by atoms with Gasteiger partial charge >= 0.3 is 0 Å². The molecule has 0 radical (unpaired) electrons. The van der Waals surface area contributed by atoms with Crippen molar-refractivity contribution in [2.75, 3.05) is 12.8 Å². The van der Waals surface area contributed by atoms with Crippen LogP contribution >= 0.6 is 11.8 Å². The van der Waals surface area contributed by atoms with Gasteiger partial charge in [-0.05, 0) is 43.2 Å². The third-order valence-electron chi connectivity index (χ3n) is 3.73. The number of nitrogens with one attached hydrogen (secondary N) is 1. The van der Waals surface area contributed by atoms with Gasteiger partial charge in [-0.2, -0.15) is 11.8 Å². The Hall–Kier alpha value is -0.540. The molecule has 1 rings (SSSR count). The zero-order chi connectivity index (χ0) is 13.6. The highest BCUT2D eigenvalue weighted by atomic mass is 32.2. The van der Waals surface area contributed by atoms with Crippen LogP contribution in [0.2, 0.25) is 0 Å². The quantitative estimate of drug-likeness (QED) is 0.798. The van der Waals surface area contributed by atoms with E-state index < -0.39 is 0 Å². The Morgan fingerprint density at radius 1 is 1.28 bits per heavy atom. The van der Waals surface area contributed by atoms with Crippen LogP contribution in [0.3, 0.4) is 0 Å². The van der Waals surface area contributed by atoms with Crippen LogP contribution in [0.15, 0.2) is 18.2 Å². The summed E-state index contributed by atoms with van der Waals surface area (Å²) in [4.78, 5) is 0. The summed E-state index contributed by atoms with van der Waals surface area (Å²) >= 11 is 1.92. The van der Waals surface area contributed by atoms with Crippen LogP contribution in [0.1, 0.15) is 37.8 Å². The fourth-order valence-corrected chi connectivity index (χ4v) is 2.87.